The fourth-order valence-electron chi connectivity index (χ4n) is 2.61. The summed E-state index contributed by atoms with van der Waals surface area (Å²) in [5, 5.41) is 7.42. The smallest absolute Gasteiger partial charge is 0.259 e. The maximum Gasteiger partial charge on any atom is 0.259 e. The zero-order valence-corrected chi connectivity index (χ0v) is 12.3. The molecule has 1 atom stereocenters. The van der Waals surface area contributed by atoms with E-state index in [9.17, 15) is 4.79 Å². The molecule has 4 nitrogen and oxygen atoms in total. The number of rotatable bonds is 5. The highest BCUT2D eigenvalue weighted by molar-refractivity contribution is 5.90. The van der Waals surface area contributed by atoms with E-state index in [4.69, 9.17) is 0 Å². The minimum absolute atomic E-state index is 0.0949. The Labute approximate surface area is 120 Å². The maximum atomic E-state index is 11.8. The Morgan fingerprint density at radius 3 is 2.95 bits per heavy atom. The molecule has 1 aliphatic rings. The number of aryl methyl sites for hydroxylation is 1. The number of benzene rings is 1. The van der Waals surface area contributed by atoms with Gasteiger partial charge >= 0.3 is 0 Å². The van der Waals surface area contributed by atoms with Crippen molar-refractivity contribution in [2.24, 2.45) is 11.0 Å². The summed E-state index contributed by atoms with van der Waals surface area (Å²) in [6.07, 6.45) is 4.52. The van der Waals surface area contributed by atoms with Gasteiger partial charge in [-0.25, -0.2) is 5.43 Å². The number of hydrazone groups is 1. The van der Waals surface area contributed by atoms with Gasteiger partial charge in [-0.3, -0.25) is 4.79 Å². The molecule has 0 spiro atoms. The van der Waals surface area contributed by atoms with Crippen LogP contribution in [0.1, 0.15) is 38.2 Å². The van der Waals surface area contributed by atoms with Crippen LogP contribution in [-0.4, -0.2) is 18.2 Å². The Kier molecular flexibility index (Phi) is 5.16. The Morgan fingerprint density at radius 1 is 1.40 bits per heavy atom. The van der Waals surface area contributed by atoms with Gasteiger partial charge in [0.2, 0.25) is 0 Å². The third kappa shape index (κ3) is 3.83. The van der Waals surface area contributed by atoms with Crippen LogP contribution in [0.5, 0.6) is 0 Å². The maximum absolute atomic E-state index is 11.8. The molecule has 0 aromatic heterocycles. The molecule has 0 aliphatic heterocycles. The SMILES string of the molecule is CCC1CCC/C1=N\NC(=O)CNc1ccccc1C. The van der Waals surface area contributed by atoms with Crippen LogP contribution >= 0.6 is 0 Å². The van der Waals surface area contributed by atoms with E-state index in [0.29, 0.717) is 5.92 Å². The van der Waals surface area contributed by atoms with Gasteiger partial charge in [0.15, 0.2) is 0 Å². The van der Waals surface area contributed by atoms with Crippen LogP contribution in [0.4, 0.5) is 5.69 Å². The average Bonchev–Trinajstić information content (AvgIpc) is 2.91. The van der Waals surface area contributed by atoms with Crippen molar-refractivity contribution in [1.82, 2.24) is 5.43 Å². The Morgan fingerprint density at radius 2 is 2.20 bits per heavy atom. The van der Waals surface area contributed by atoms with E-state index >= 15 is 0 Å². The van der Waals surface area contributed by atoms with E-state index in [0.717, 1.165) is 29.8 Å². The molecule has 1 aromatic carbocycles. The van der Waals surface area contributed by atoms with Gasteiger partial charge in [-0.2, -0.15) is 5.10 Å². The first-order valence-corrected chi connectivity index (χ1v) is 7.35. The summed E-state index contributed by atoms with van der Waals surface area (Å²) in [7, 11) is 0. The molecule has 1 amide bonds. The van der Waals surface area contributed by atoms with Crippen LogP contribution in [0.3, 0.4) is 0 Å². The van der Waals surface area contributed by atoms with Crippen molar-refractivity contribution < 1.29 is 4.79 Å². The third-order valence-corrected chi connectivity index (χ3v) is 3.86. The van der Waals surface area contributed by atoms with Crippen LogP contribution in [0.2, 0.25) is 0 Å². The first-order chi connectivity index (χ1) is 9.70. The molecule has 0 radical (unpaired) electrons. The van der Waals surface area contributed by atoms with Crippen molar-refractivity contribution in [2.45, 2.75) is 39.5 Å². The first kappa shape index (κ1) is 14.6. The number of para-hydroxylation sites is 1. The third-order valence-electron chi connectivity index (χ3n) is 3.86. The molecule has 2 N–H and O–H groups in total. The highest BCUT2D eigenvalue weighted by atomic mass is 16.2. The number of hydrogen-bond donors (Lipinski definition) is 2. The first-order valence-electron chi connectivity index (χ1n) is 7.35. The zero-order valence-electron chi connectivity index (χ0n) is 12.3. The highest BCUT2D eigenvalue weighted by Gasteiger charge is 2.20. The predicted octanol–water partition coefficient (Wildman–Crippen LogP) is 3.09. The van der Waals surface area contributed by atoms with Gasteiger partial charge < -0.3 is 5.32 Å². The summed E-state index contributed by atoms with van der Waals surface area (Å²) in [5.41, 5.74) is 5.94. The van der Waals surface area contributed by atoms with Crippen LogP contribution in [0.15, 0.2) is 29.4 Å². The molecule has 1 aliphatic carbocycles. The monoisotopic (exact) mass is 273 g/mol. The molecular formula is C16H23N3O. The number of nitrogens with zero attached hydrogens (tertiary/aromatic N) is 1. The molecule has 1 aromatic rings. The molecule has 1 unspecified atom stereocenters. The minimum atomic E-state index is -0.0949. The second kappa shape index (κ2) is 7.08. The number of nitrogens with one attached hydrogen (secondary N) is 2. The molecule has 0 saturated heterocycles. The van der Waals surface area contributed by atoms with Gasteiger partial charge in [-0.1, -0.05) is 25.1 Å². The largest absolute Gasteiger partial charge is 0.376 e. The van der Waals surface area contributed by atoms with Crippen molar-refractivity contribution in [3.8, 4) is 0 Å². The second-order valence-corrected chi connectivity index (χ2v) is 5.30. The van der Waals surface area contributed by atoms with Crippen LogP contribution < -0.4 is 10.7 Å². The summed E-state index contributed by atoms with van der Waals surface area (Å²) < 4.78 is 0. The van der Waals surface area contributed by atoms with Gasteiger partial charge in [0.05, 0.1) is 6.54 Å². The summed E-state index contributed by atoms with van der Waals surface area (Å²) in [4.78, 5) is 11.8. The standard InChI is InChI=1S/C16H23N3O/c1-3-13-8-6-10-15(13)18-19-16(20)11-17-14-9-5-4-7-12(14)2/h4-5,7,9,13,17H,3,6,8,10-11H2,1-2H3,(H,19,20)/b18-15+. The molecule has 108 valence electrons. The summed E-state index contributed by atoms with van der Waals surface area (Å²) in [6, 6.07) is 7.93. The lowest BCUT2D eigenvalue weighted by Crippen LogP contribution is -2.27. The Balaban J connectivity index is 1.81. The topological polar surface area (TPSA) is 53.5 Å². The molecule has 4 heteroatoms. The zero-order chi connectivity index (χ0) is 14.4. The van der Waals surface area contributed by atoms with E-state index in [1.54, 1.807) is 0 Å². The summed E-state index contributed by atoms with van der Waals surface area (Å²) in [6.45, 7) is 4.44. The van der Waals surface area contributed by atoms with Crippen molar-refractivity contribution in [3.05, 3.63) is 29.8 Å². The van der Waals surface area contributed by atoms with Crippen LogP contribution in [0, 0.1) is 12.8 Å². The normalized spacial score (nSPS) is 20.1. The van der Waals surface area contributed by atoms with Crippen molar-refractivity contribution in [3.63, 3.8) is 0 Å². The van der Waals surface area contributed by atoms with Crippen molar-refractivity contribution in [2.75, 3.05) is 11.9 Å². The Bertz CT molecular complexity index is 496. The van der Waals surface area contributed by atoms with E-state index in [2.05, 4.69) is 22.8 Å². The van der Waals surface area contributed by atoms with Crippen molar-refractivity contribution in [1.29, 1.82) is 0 Å². The van der Waals surface area contributed by atoms with Crippen molar-refractivity contribution >= 4 is 17.3 Å². The lowest BCUT2D eigenvalue weighted by molar-refractivity contribution is -0.119. The average molecular weight is 273 g/mol. The summed E-state index contributed by atoms with van der Waals surface area (Å²) >= 11 is 0. The van der Waals surface area contributed by atoms with E-state index < -0.39 is 0 Å². The number of carbonyl (C=O) groups is 1. The molecular weight excluding hydrogens is 250 g/mol. The van der Waals surface area contributed by atoms with E-state index in [-0.39, 0.29) is 12.5 Å². The number of anilines is 1. The molecule has 20 heavy (non-hydrogen) atoms. The lowest BCUT2D eigenvalue weighted by atomic mass is 10.0. The van der Waals surface area contributed by atoms with Gasteiger partial charge in [0, 0.05) is 11.4 Å². The fraction of sp³-hybridized carbons (Fsp3) is 0.500. The summed E-state index contributed by atoms with van der Waals surface area (Å²) in [5.74, 6) is 0.460. The van der Waals surface area contributed by atoms with Gasteiger partial charge in [0.25, 0.3) is 5.91 Å². The number of hydrogen-bond acceptors (Lipinski definition) is 3. The Hall–Kier alpha value is -1.84. The van der Waals surface area contributed by atoms with Crippen LogP contribution in [0.25, 0.3) is 0 Å². The quantitative estimate of drug-likeness (QED) is 0.810. The van der Waals surface area contributed by atoms with Crippen LogP contribution in [-0.2, 0) is 4.79 Å². The molecule has 0 bridgehead atoms. The van der Waals surface area contributed by atoms with E-state index in [1.165, 1.54) is 12.8 Å². The second-order valence-electron chi connectivity index (χ2n) is 5.30. The van der Waals surface area contributed by atoms with Gasteiger partial charge in [-0.05, 0) is 50.2 Å². The highest BCUT2D eigenvalue weighted by Crippen LogP contribution is 2.24. The predicted molar refractivity (Wildman–Crippen MR) is 82.9 cm³/mol. The minimum Gasteiger partial charge on any atom is -0.376 e. The fourth-order valence-corrected chi connectivity index (χ4v) is 2.61. The number of carbonyl (C=O) groups excluding carboxylic acids is 1. The molecule has 2 rings (SSSR count). The molecule has 1 fully saturated rings. The lowest BCUT2D eigenvalue weighted by Gasteiger charge is -2.10. The van der Waals surface area contributed by atoms with Gasteiger partial charge in [0.1, 0.15) is 0 Å². The number of amides is 1. The molecule has 0 heterocycles. The molecule has 1 saturated carbocycles. The van der Waals surface area contributed by atoms with Gasteiger partial charge in [-0.15, -0.1) is 0 Å². The van der Waals surface area contributed by atoms with E-state index in [1.807, 2.05) is 31.2 Å².